The van der Waals surface area contributed by atoms with Gasteiger partial charge in [-0.1, -0.05) is 6.07 Å². The van der Waals surface area contributed by atoms with Gasteiger partial charge in [0.2, 0.25) is 0 Å². The van der Waals surface area contributed by atoms with E-state index in [4.69, 9.17) is 5.73 Å². The van der Waals surface area contributed by atoms with E-state index in [1.807, 2.05) is 0 Å². The molecule has 1 aromatic heterocycles. The smallest absolute Gasteiger partial charge is 0.160 e. The molecular weight excluding hydrogens is 210 g/mol. The lowest BCUT2D eigenvalue weighted by molar-refractivity contribution is 0.112. The number of rotatable bonds is 2. The summed E-state index contributed by atoms with van der Waals surface area (Å²) in [7, 11) is 0. The predicted molar refractivity (Wildman–Crippen MR) is 61.2 cm³/mol. The predicted octanol–water partition coefficient (Wildman–Crippen LogP) is 2.52. The van der Waals surface area contributed by atoms with E-state index in [0.717, 1.165) is 11.2 Å². The Morgan fingerprint density at radius 2 is 2.07 bits per heavy atom. The number of aromatic hydroxyl groups is 1. The molecule has 2 aromatic rings. The Balaban J connectivity index is 2.58. The van der Waals surface area contributed by atoms with Crippen molar-refractivity contribution >= 4 is 23.3 Å². The molecule has 3 N–H and O–H groups in total. The van der Waals surface area contributed by atoms with Crippen LogP contribution in [0.4, 0.5) is 5.69 Å². The average molecular weight is 219 g/mol. The molecule has 1 aromatic carbocycles. The summed E-state index contributed by atoms with van der Waals surface area (Å²) < 4.78 is 0. The molecule has 0 aliphatic rings. The number of aldehydes is 1. The van der Waals surface area contributed by atoms with Gasteiger partial charge < -0.3 is 10.8 Å². The lowest BCUT2D eigenvalue weighted by Gasteiger charge is -2.04. The first-order valence-corrected chi connectivity index (χ1v) is 5.17. The van der Waals surface area contributed by atoms with E-state index in [0.29, 0.717) is 16.1 Å². The Hall–Kier alpha value is -1.81. The monoisotopic (exact) mass is 219 g/mol. The van der Waals surface area contributed by atoms with Crippen LogP contribution in [0.3, 0.4) is 0 Å². The molecule has 0 radical (unpaired) electrons. The zero-order valence-electron chi connectivity index (χ0n) is 7.81. The molecule has 0 aliphatic heterocycles. The highest BCUT2D eigenvalue weighted by molar-refractivity contribution is 7.17. The SMILES string of the molecule is Nc1cccc(O)c1-c1ccc(C=O)s1. The van der Waals surface area contributed by atoms with Crippen LogP contribution in [0.5, 0.6) is 5.75 Å². The fourth-order valence-electron chi connectivity index (χ4n) is 1.38. The summed E-state index contributed by atoms with van der Waals surface area (Å²) in [6.07, 6.45) is 0.782. The van der Waals surface area contributed by atoms with Gasteiger partial charge >= 0.3 is 0 Å². The molecule has 0 bridgehead atoms. The maximum absolute atomic E-state index is 10.5. The second kappa shape index (κ2) is 3.74. The van der Waals surface area contributed by atoms with Gasteiger partial charge in [0.05, 0.1) is 10.4 Å². The maximum Gasteiger partial charge on any atom is 0.160 e. The number of nitrogens with two attached hydrogens (primary N) is 1. The van der Waals surface area contributed by atoms with Crippen molar-refractivity contribution < 1.29 is 9.90 Å². The Bertz CT molecular complexity index is 485. The van der Waals surface area contributed by atoms with Crippen LogP contribution in [0.2, 0.25) is 0 Å². The summed E-state index contributed by atoms with van der Waals surface area (Å²) in [5.41, 5.74) is 6.86. The van der Waals surface area contributed by atoms with Crippen molar-refractivity contribution in [2.24, 2.45) is 0 Å². The Kier molecular flexibility index (Phi) is 2.43. The topological polar surface area (TPSA) is 63.3 Å². The zero-order chi connectivity index (χ0) is 10.8. The molecule has 2 rings (SSSR count). The van der Waals surface area contributed by atoms with Crippen LogP contribution in [-0.2, 0) is 0 Å². The third-order valence-corrected chi connectivity index (χ3v) is 3.09. The van der Waals surface area contributed by atoms with E-state index in [2.05, 4.69) is 0 Å². The molecule has 4 heteroatoms. The summed E-state index contributed by atoms with van der Waals surface area (Å²) in [4.78, 5) is 12.0. The fourth-order valence-corrected chi connectivity index (χ4v) is 2.28. The van der Waals surface area contributed by atoms with Crippen LogP contribution in [0.25, 0.3) is 10.4 Å². The van der Waals surface area contributed by atoms with Crippen molar-refractivity contribution in [3.8, 4) is 16.2 Å². The van der Waals surface area contributed by atoms with Gasteiger partial charge in [-0.3, -0.25) is 4.79 Å². The van der Waals surface area contributed by atoms with E-state index >= 15 is 0 Å². The van der Waals surface area contributed by atoms with Crippen LogP contribution < -0.4 is 5.73 Å². The number of phenolic OH excluding ortho intramolecular Hbond substituents is 1. The van der Waals surface area contributed by atoms with Crippen LogP contribution in [0, 0.1) is 0 Å². The van der Waals surface area contributed by atoms with Crippen molar-refractivity contribution in [2.75, 3.05) is 5.73 Å². The van der Waals surface area contributed by atoms with Gasteiger partial charge in [-0.15, -0.1) is 11.3 Å². The van der Waals surface area contributed by atoms with Gasteiger partial charge in [-0.05, 0) is 24.3 Å². The quantitative estimate of drug-likeness (QED) is 0.602. The molecule has 0 aliphatic carbocycles. The number of carbonyl (C=O) groups is 1. The highest BCUT2D eigenvalue weighted by Gasteiger charge is 2.10. The molecule has 15 heavy (non-hydrogen) atoms. The van der Waals surface area contributed by atoms with Crippen molar-refractivity contribution in [1.82, 2.24) is 0 Å². The fraction of sp³-hybridized carbons (Fsp3) is 0. The van der Waals surface area contributed by atoms with Crippen molar-refractivity contribution in [3.05, 3.63) is 35.2 Å². The molecule has 0 saturated heterocycles. The first kappa shape index (κ1) is 9.73. The number of hydrogen-bond donors (Lipinski definition) is 2. The lowest BCUT2D eigenvalue weighted by Crippen LogP contribution is -1.88. The first-order valence-electron chi connectivity index (χ1n) is 4.35. The van der Waals surface area contributed by atoms with Crippen LogP contribution in [0.15, 0.2) is 30.3 Å². The molecule has 3 nitrogen and oxygen atoms in total. The minimum atomic E-state index is 0.134. The van der Waals surface area contributed by atoms with Crippen LogP contribution >= 0.6 is 11.3 Å². The van der Waals surface area contributed by atoms with Gasteiger partial charge in [0.25, 0.3) is 0 Å². The van der Waals surface area contributed by atoms with Crippen molar-refractivity contribution in [1.29, 1.82) is 0 Å². The van der Waals surface area contributed by atoms with Gasteiger partial charge in [0.15, 0.2) is 6.29 Å². The molecule has 0 atom stereocenters. The van der Waals surface area contributed by atoms with Gasteiger partial charge in [0.1, 0.15) is 5.75 Å². The molecule has 0 fully saturated rings. The molecule has 0 spiro atoms. The number of phenols is 1. The highest BCUT2D eigenvalue weighted by Crippen LogP contribution is 2.37. The molecule has 0 amide bonds. The number of nitrogen functional groups attached to an aromatic ring is 1. The Labute approximate surface area is 90.8 Å². The Morgan fingerprint density at radius 3 is 2.67 bits per heavy atom. The second-order valence-corrected chi connectivity index (χ2v) is 4.18. The standard InChI is InChI=1S/C11H9NO2S/c12-8-2-1-3-9(14)11(8)10-5-4-7(6-13)15-10/h1-6,14H,12H2. The summed E-state index contributed by atoms with van der Waals surface area (Å²) in [5, 5.41) is 9.67. The molecule has 1 heterocycles. The van der Waals surface area contributed by atoms with E-state index < -0.39 is 0 Å². The van der Waals surface area contributed by atoms with Gasteiger partial charge in [0, 0.05) is 10.6 Å². The van der Waals surface area contributed by atoms with Crippen LogP contribution in [-0.4, -0.2) is 11.4 Å². The van der Waals surface area contributed by atoms with Crippen molar-refractivity contribution in [2.45, 2.75) is 0 Å². The van der Waals surface area contributed by atoms with E-state index in [-0.39, 0.29) is 5.75 Å². The molecular formula is C11H9NO2S. The molecule has 0 unspecified atom stereocenters. The van der Waals surface area contributed by atoms with Crippen LogP contribution in [0.1, 0.15) is 9.67 Å². The van der Waals surface area contributed by atoms with E-state index in [1.165, 1.54) is 11.3 Å². The van der Waals surface area contributed by atoms with Crippen molar-refractivity contribution in [3.63, 3.8) is 0 Å². The third-order valence-electron chi connectivity index (χ3n) is 2.06. The number of benzene rings is 1. The number of anilines is 1. The zero-order valence-corrected chi connectivity index (χ0v) is 8.62. The second-order valence-electron chi connectivity index (χ2n) is 3.06. The number of thiophene rings is 1. The third kappa shape index (κ3) is 1.71. The lowest BCUT2D eigenvalue weighted by atomic mass is 10.1. The van der Waals surface area contributed by atoms with Gasteiger partial charge in [-0.2, -0.15) is 0 Å². The Morgan fingerprint density at radius 1 is 1.27 bits per heavy atom. The maximum atomic E-state index is 10.5. The first-order chi connectivity index (χ1) is 7.22. The normalized spacial score (nSPS) is 10.1. The summed E-state index contributed by atoms with van der Waals surface area (Å²) in [5.74, 6) is 0.134. The summed E-state index contributed by atoms with van der Waals surface area (Å²) in [6, 6.07) is 8.46. The average Bonchev–Trinajstić information content (AvgIpc) is 2.66. The van der Waals surface area contributed by atoms with E-state index in [9.17, 15) is 9.90 Å². The summed E-state index contributed by atoms with van der Waals surface area (Å²) in [6.45, 7) is 0. The van der Waals surface area contributed by atoms with E-state index in [1.54, 1.807) is 30.3 Å². The van der Waals surface area contributed by atoms with Gasteiger partial charge in [-0.25, -0.2) is 0 Å². The number of carbonyl (C=O) groups excluding carboxylic acids is 1. The number of hydrogen-bond acceptors (Lipinski definition) is 4. The summed E-state index contributed by atoms with van der Waals surface area (Å²) >= 11 is 1.31. The highest BCUT2D eigenvalue weighted by atomic mass is 32.1. The molecule has 76 valence electrons. The minimum Gasteiger partial charge on any atom is -0.507 e. The largest absolute Gasteiger partial charge is 0.507 e. The molecule has 0 saturated carbocycles. The minimum absolute atomic E-state index is 0.134.